The van der Waals surface area contributed by atoms with E-state index in [1.807, 2.05) is 0 Å². The first-order chi connectivity index (χ1) is 9.70. The maximum atomic E-state index is 11.9. The number of carbonyl (C=O) groups is 1. The van der Waals surface area contributed by atoms with E-state index in [0.717, 1.165) is 0 Å². The zero-order valence-corrected chi connectivity index (χ0v) is 11.7. The summed E-state index contributed by atoms with van der Waals surface area (Å²) < 4.78 is 6.92. The predicted octanol–water partition coefficient (Wildman–Crippen LogP) is 3.04. The van der Waals surface area contributed by atoms with Crippen molar-refractivity contribution < 1.29 is 9.53 Å². The Hall–Kier alpha value is -2.14. The van der Waals surface area contributed by atoms with Gasteiger partial charge in [0, 0.05) is 11.4 Å². The van der Waals surface area contributed by atoms with Crippen molar-refractivity contribution >= 4 is 17.4 Å². The summed E-state index contributed by atoms with van der Waals surface area (Å²) in [7, 11) is 0. The standard InChI is InChI=1S/C14H14ClN3O2/c1-2-14(19)13(18-10-16-9-17-18)7-8-20-12-5-3-11(15)4-6-12/h3-10,13H,2H2,1H3/b8-7+. The summed E-state index contributed by atoms with van der Waals surface area (Å²) in [4.78, 5) is 15.7. The van der Waals surface area contributed by atoms with Crippen LogP contribution in [0.2, 0.25) is 5.02 Å². The zero-order chi connectivity index (χ0) is 14.4. The summed E-state index contributed by atoms with van der Waals surface area (Å²) in [6.07, 6.45) is 6.43. The monoisotopic (exact) mass is 291 g/mol. The molecule has 5 nitrogen and oxygen atoms in total. The minimum absolute atomic E-state index is 0.0338. The van der Waals surface area contributed by atoms with E-state index < -0.39 is 6.04 Å². The average molecular weight is 292 g/mol. The molecule has 0 saturated heterocycles. The minimum Gasteiger partial charge on any atom is -0.465 e. The van der Waals surface area contributed by atoms with Crippen LogP contribution in [-0.4, -0.2) is 20.5 Å². The molecular weight excluding hydrogens is 278 g/mol. The molecule has 1 aromatic carbocycles. The second-order valence-electron chi connectivity index (χ2n) is 4.04. The summed E-state index contributed by atoms with van der Waals surface area (Å²) in [5.74, 6) is 0.679. The number of benzene rings is 1. The third kappa shape index (κ3) is 3.68. The normalized spacial score (nSPS) is 12.5. The maximum Gasteiger partial charge on any atom is 0.161 e. The number of nitrogens with zero attached hydrogens (tertiary/aromatic N) is 3. The van der Waals surface area contributed by atoms with Crippen molar-refractivity contribution in [2.24, 2.45) is 0 Å². The summed E-state index contributed by atoms with van der Waals surface area (Å²) in [6, 6.07) is 6.46. The van der Waals surface area contributed by atoms with Gasteiger partial charge >= 0.3 is 0 Å². The lowest BCUT2D eigenvalue weighted by Gasteiger charge is -2.10. The quantitative estimate of drug-likeness (QED) is 0.768. The van der Waals surface area contributed by atoms with Gasteiger partial charge in [-0.2, -0.15) is 5.10 Å². The van der Waals surface area contributed by atoms with Gasteiger partial charge in [-0.05, 0) is 30.3 Å². The van der Waals surface area contributed by atoms with Crippen LogP contribution in [0, 0.1) is 0 Å². The van der Waals surface area contributed by atoms with E-state index in [9.17, 15) is 4.79 Å². The molecule has 0 aliphatic rings. The SMILES string of the molecule is CCC(=O)C(/C=C/Oc1ccc(Cl)cc1)n1cncn1. The molecule has 1 unspecified atom stereocenters. The summed E-state index contributed by atoms with van der Waals surface area (Å²) in [5, 5.41) is 4.62. The first-order valence-electron chi connectivity index (χ1n) is 6.16. The molecule has 0 bridgehead atoms. The van der Waals surface area contributed by atoms with Gasteiger partial charge in [-0.3, -0.25) is 4.79 Å². The van der Waals surface area contributed by atoms with Gasteiger partial charge in [0.05, 0.1) is 6.26 Å². The molecule has 1 aromatic heterocycles. The lowest BCUT2D eigenvalue weighted by atomic mass is 10.1. The van der Waals surface area contributed by atoms with Gasteiger partial charge in [-0.1, -0.05) is 18.5 Å². The maximum absolute atomic E-state index is 11.9. The van der Waals surface area contributed by atoms with E-state index in [-0.39, 0.29) is 5.78 Å². The second-order valence-corrected chi connectivity index (χ2v) is 4.48. The number of ketones is 1. The van der Waals surface area contributed by atoms with Gasteiger partial charge in [0.15, 0.2) is 5.78 Å². The molecule has 0 N–H and O–H groups in total. The number of carbonyl (C=O) groups excluding carboxylic acids is 1. The van der Waals surface area contributed by atoms with Crippen molar-refractivity contribution in [2.45, 2.75) is 19.4 Å². The molecule has 0 amide bonds. The Bertz CT molecular complexity index is 579. The highest BCUT2D eigenvalue weighted by Crippen LogP contribution is 2.16. The lowest BCUT2D eigenvalue weighted by Crippen LogP contribution is -2.17. The smallest absolute Gasteiger partial charge is 0.161 e. The molecule has 2 aromatic rings. The van der Waals surface area contributed by atoms with Crippen LogP contribution in [0.1, 0.15) is 19.4 Å². The predicted molar refractivity (Wildman–Crippen MR) is 75.6 cm³/mol. The van der Waals surface area contributed by atoms with Crippen molar-refractivity contribution in [3.63, 3.8) is 0 Å². The van der Waals surface area contributed by atoms with Crippen molar-refractivity contribution in [2.75, 3.05) is 0 Å². The fourth-order valence-corrected chi connectivity index (χ4v) is 1.74. The number of hydrogen-bond acceptors (Lipinski definition) is 4. The highest BCUT2D eigenvalue weighted by atomic mass is 35.5. The van der Waals surface area contributed by atoms with Crippen LogP contribution in [-0.2, 0) is 4.79 Å². The number of allylic oxidation sites excluding steroid dienone is 1. The van der Waals surface area contributed by atoms with E-state index in [1.165, 1.54) is 23.6 Å². The van der Waals surface area contributed by atoms with Gasteiger partial charge in [0.2, 0.25) is 0 Å². The van der Waals surface area contributed by atoms with Crippen LogP contribution < -0.4 is 4.74 Å². The van der Waals surface area contributed by atoms with Crippen molar-refractivity contribution in [3.05, 3.63) is 54.3 Å². The van der Waals surface area contributed by atoms with E-state index in [1.54, 1.807) is 37.3 Å². The summed E-state index contributed by atoms with van der Waals surface area (Å²) in [6.45, 7) is 1.81. The highest BCUT2D eigenvalue weighted by molar-refractivity contribution is 6.30. The number of ether oxygens (including phenoxy) is 1. The first-order valence-corrected chi connectivity index (χ1v) is 6.54. The molecule has 0 aliphatic carbocycles. The molecule has 0 saturated carbocycles. The van der Waals surface area contributed by atoms with Gasteiger partial charge in [-0.15, -0.1) is 0 Å². The Morgan fingerprint density at radius 1 is 1.45 bits per heavy atom. The Balaban J connectivity index is 2.06. The fraction of sp³-hybridized carbons (Fsp3) is 0.214. The molecule has 1 atom stereocenters. The summed E-state index contributed by atoms with van der Waals surface area (Å²) >= 11 is 5.79. The van der Waals surface area contributed by atoms with Crippen molar-refractivity contribution in [1.29, 1.82) is 0 Å². The molecule has 0 fully saturated rings. The molecule has 6 heteroatoms. The Labute approximate surface area is 121 Å². The molecule has 20 heavy (non-hydrogen) atoms. The Kier molecular flexibility index (Phi) is 4.90. The average Bonchev–Trinajstić information content (AvgIpc) is 2.98. The van der Waals surface area contributed by atoms with Crippen LogP contribution in [0.15, 0.2) is 49.3 Å². The van der Waals surface area contributed by atoms with E-state index in [2.05, 4.69) is 10.1 Å². The van der Waals surface area contributed by atoms with Crippen molar-refractivity contribution in [1.82, 2.24) is 14.8 Å². The Morgan fingerprint density at radius 2 is 2.20 bits per heavy atom. The number of halogens is 1. The first kappa shape index (κ1) is 14.3. The van der Waals surface area contributed by atoms with E-state index in [0.29, 0.717) is 17.2 Å². The van der Waals surface area contributed by atoms with E-state index in [4.69, 9.17) is 16.3 Å². The molecule has 0 radical (unpaired) electrons. The van der Waals surface area contributed by atoms with Crippen LogP contribution in [0.4, 0.5) is 0 Å². The fourth-order valence-electron chi connectivity index (χ4n) is 1.62. The molecule has 0 aliphatic heterocycles. The summed E-state index contributed by atoms with van der Waals surface area (Å²) in [5.41, 5.74) is 0. The van der Waals surface area contributed by atoms with Crippen LogP contribution in [0.5, 0.6) is 5.75 Å². The number of Topliss-reactive ketones (excluding diaryl/α,β-unsaturated/α-hetero) is 1. The minimum atomic E-state index is -0.505. The number of hydrogen-bond donors (Lipinski definition) is 0. The van der Waals surface area contributed by atoms with Crippen LogP contribution >= 0.6 is 11.6 Å². The Morgan fingerprint density at radius 3 is 2.80 bits per heavy atom. The van der Waals surface area contributed by atoms with Gasteiger partial charge in [0.25, 0.3) is 0 Å². The molecule has 2 rings (SSSR count). The largest absolute Gasteiger partial charge is 0.465 e. The van der Waals surface area contributed by atoms with Crippen molar-refractivity contribution in [3.8, 4) is 5.75 Å². The molecule has 1 heterocycles. The molecule has 0 spiro atoms. The topological polar surface area (TPSA) is 57.0 Å². The van der Waals surface area contributed by atoms with Gasteiger partial charge in [0.1, 0.15) is 24.4 Å². The number of rotatable bonds is 6. The van der Waals surface area contributed by atoms with Gasteiger partial charge < -0.3 is 4.74 Å². The highest BCUT2D eigenvalue weighted by Gasteiger charge is 2.16. The molecule has 104 valence electrons. The van der Waals surface area contributed by atoms with E-state index >= 15 is 0 Å². The lowest BCUT2D eigenvalue weighted by molar-refractivity contribution is -0.120. The third-order valence-corrected chi connectivity index (χ3v) is 2.93. The van der Waals surface area contributed by atoms with Crippen LogP contribution in [0.25, 0.3) is 0 Å². The second kappa shape index (κ2) is 6.86. The number of aromatic nitrogens is 3. The van der Waals surface area contributed by atoms with Crippen LogP contribution in [0.3, 0.4) is 0 Å². The third-order valence-electron chi connectivity index (χ3n) is 2.68. The van der Waals surface area contributed by atoms with Gasteiger partial charge in [-0.25, -0.2) is 9.67 Å². The molecular formula is C14H14ClN3O2. The zero-order valence-electron chi connectivity index (χ0n) is 10.9.